The van der Waals surface area contributed by atoms with Crippen molar-refractivity contribution >= 4 is 22.8 Å². The minimum Gasteiger partial charge on any atom is -0.408 e. The molecule has 1 atom stereocenters. The summed E-state index contributed by atoms with van der Waals surface area (Å²) < 4.78 is 6.54. The van der Waals surface area contributed by atoms with Crippen molar-refractivity contribution in [3.63, 3.8) is 0 Å². The van der Waals surface area contributed by atoms with Crippen LogP contribution in [0.15, 0.2) is 57.9 Å². The SMILES string of the molecule is O=C(Cn1c(=O)oc2ccccc21)N[C@@H]1CCCN(c2ccccn2)C1. The number of nitrogens with zero attached hydrogens (tertiary/aromatic N) is 3. The molecule has 0 radical (unpaired) electrons. The first kappa shape index (κ1) is 16.4. The van der Waals surface area contributed by atoms with E-state index in [9.17, 15) is 9.59 Å². The number of pyridine rings is 1. The molecule has 3 aromatic rings. The summed E-state index contributed by atoms with van der Waals surface area (Å²) in [6.45, 7) is 1.59. The predicted octanol–water partition coefficient (Wildman–Crippen LogP) is 1.77. The molecule has 0 spiro atoms. The third-order valence-corrected chi connectivity index (χ3v) is 4.64. The van der Waals surface area contributed by atoms with Crippen LogP contribution in [0.5, 0.6) is 0 Å². The fraction of sp³-hybridized carbons (Fsp3) is 0.316. The standard InChI is InChI=1S/C19H20N4O3/c24-18(13-23-15-7-1-2-8-16(15)26-19(23)25)21-14-6-5-11-22(12-14)17-9-3-4-10-20-17/h1-4,7-10,14H,5-6,11-13H2,(H,21,24)/t14-/m1/s1. The summed E-state index contributed by atoms with van der Waals surface area (Å²) in [6, 6.07) is 13.0. The second kappa shape index (κ2) is 7.03. The summed E-state index contributed by atoms with van der Waals surface area (Å²) in [7, 11) is 0. The van der Waals surface area contributed by atoms with Crippen molar-refractivity contribution < 1.29 is 9.21 Å². The Bertz CT molecular complexity index is 964. The molecule has 1 N–H and O–H groups in total. The molecule has 3 heterocycles. The molecule has 0 unspecified atom stereocenters. The lowest BCUT2D eigenvalue weighted by Gasteiger charge is -2.33. The van der Waals surface area contributed by atoms with Crippen LogP contribution in [0.1, 0.15) is 12.8 Å². The smallest absolute Gasteiger partial charge is 0.408 e. The number of hydrogen-bond donors (Lipinski definition) is 1. The molecule has 0 saturated carbocycles. The molecule has 0 bridgehead atoms. The van der Waals surface area contributed by atoms with Gasteiger partial charge in [-0.25, -0.2) is 9.78 Å². The van der Waals surface area contributed by atoms with E-state index in [0.29, 0.717) is 17.6 Å². The van der Waals surface area contributed by atoms with Gasteiger partial charge in [-0.05, 0) is 37.1 Å². The van der Waals surface area contributed by atoms with E-state index in [4.69, 9.17) is 4.42 Å². The molecule has 7 nitrogen and oxygen atoms in total. The number of benzene rings is 1. The molecule has 1 aromatic carbocycles. The minimum absolute atomic E-state index is 0.0344. The summed E-state index contributed by atoms with van der Waals surface area (Å²) in [5.74, 6) is 0.218. The quantitative estimate of drug-likeness (QED) is 0.774. The highest BCUT2D eigenvalue weighted by Gasteiger charge is 2.23. The molecular weight excluding hydrogens is 332 g/mol. The van der Waals surface area contributed by atoms with Crippen LogP contribution in [0.3, 0.4) is 0 Å². The second-order valence-corrected chi connectivity index (χ2v) is 6.46. The molecule has 7 heteroatoms. The van der Waals surface area contributed by atoms with E-state index in [1.807, 2.05) is 24.3 Å². The number of carbonyl (C=O) groups is 1. The number of para-hydroxylation sites is 2. The van der Waals surface area contributed by atoms with Crippen LogP contribution < -0.4 is 16.0 Å². The molecule has 134 valence electrons. The third kappa shape index (κ3) is 3.33. The monoisotopic (exact) mass is 352 g/mol. The van der Waals surface area contributed by atoms with E-state index in [2.05, 4.69) is 15.2 Å². The van der Waals surface area contributed by atoms with Crippen molar-refractivity contribution in [2.75, 3.05) is 18.0 Å². The average molecular weight is 352 g/mol. The van der Waals surface area contributed by atoms with Crippen molar-refractivity contribution in [2.45, 2.75) is 25.4 Å². The Balaban J connectivity index is 1.43. The summed E-state index contributed by atoms with van der Waals surface area (Å²) in [6.07, 6.45) is 3.67. The van der Waals surface area contributed by atoms with Crippen LogP contribution in [0, 0.1) is 0 Å². The van der Waals surface area contributed by atoms with E-state index in [1.54, 1.807) is 24.4 Å². The summed E-state index contributed by atoms with van der Waals surface area (Å²) in [5, 5.41) is 3.04. The number of fused-ring (bicyclic) bond motifs is 1. The first-order valence-electron chi connectivity index (χ1n) is 8.74. The number of rotatable bonds is 4. The zero-order valence-electron chi connectivity index (χ0n) is 14.3. The number of piperidine rings is 1. The van der Waals surface area contributed by atoms with Gasteiger partial charge < -0.3 is 14.6 Å². The largest absolute Gasteiger partial charge is 0.420 e. The topological polar surface area (TPSA) is 80.4 Å². The Labute approximate surface area is 150 Å². The first-order valence-corrected chi connectivity index (χ1v) is 8.74. The van der Waals surface area contributed by atoms with E-state index in [1.165, 1.54) is 4.57 Å². The normalized spacial score (nSPS) is 17.4. The van der Waals surface area contributed by atoms with Gasteiger partial charge >= 0.3 is 5.76 Å². The molecule has 1 aliphatic heterocycles. The summed E-state index contributed by atoms with van der Waals surface area (Å²) >= 11 is 0. The maximum Gasteiger partial charge on any atom is 0.420 e. The number of hydrogen-bond acceptors (Lipinski definition) is 5. The number of oxazole rings is 1. The fourth-order valence-electron chi connectivity index (χ4n) is 3.42. The fourth-order valence-corrected chi connectivity index (χ4v) is 3.42. The molecule has 2 aromatic heterocycles. The van der Waals surface area contributed by atoms with Crippen molar-refractivity contribution in [3.05, 3.63) is 59.2 Å². The molecule has 0 aliphatic carbocycles. The van der Waals surface area contributed by atoms with Crippen LogP contribution >= 0.6 is 0 Å². The number of carbonyl (C=O) groups excluding carboxylic acids is 1. The van der Waals surface area contributed by atoms with Crippen LogP contribution in [0.25, 0.3) is 11.1 Å². The van der Waals surface area contributed by atoms with Crippen LogP contribution in [0.4, 0.5) is 5.82 Å². The lowest BCUT2D eigenvalue weighted by Crippen LogP contribution is -2.49. The highest BCUT2D eigenvalue weighted by Crippen LogP contribution is 2.17. The molecule has 1 amide bonds. The minimum atomic E-state index is -0.514. The number of anilines is 1. The predicted molar refractivity (Wildman–Crippen MR) is 98.1 cm³/mol. The second-order valence-electron chi connectivity index (χ2n) is 6.46. The van der Waals surface area contributed by atoms with Crippen molar-refractivity contribution in [3.8, 4) is 0 Å². The van der Waals surface area contributed by atoms with Crippen molar-refractivity contribution in [1.29, 1.82) is 0 Å². The highest BCUT2D eigenvalue weighted by atomic mass is 16.4. The summed E-state index contributed by atoms with van der Waals surface area (Å²) in [4.78, 5) is 31.0. The van der Waals surface area contributed by atoms with Crippen LogP contribution in [-0.2, 0) is 11.3 Å². The van der Waals surface area contributed by atoms with Gasteiger partial charge in [-0.1, -0.05) is 18.2 Å². The molecule has 1 fully saturated rings. The number of aromatic nitrogens is 2. The third-order valence-electron chi connectivity index (χ3n) is 4.64. The van der Waals surface area contributed by atoms with Gasteiger partial charge in [0.05, 0.1) is 5.52 Å². The Hall–Kier alpha value is -3.09. The van der Waals surface area contributed by atoms with Crippen LogP contribution in [0.2, 0.25) is 0 Å². The molecule has 1 saturated heterocycles. The number of nitrogens with one attached hydrogen (secondary N) is 1. The van der Waals surface area contributed by atoms with Gasteiger partial charge in [0.15, 0.2) is 5.58 Å². The Kier molecular flexibility index (Phi) is 4.43. The van der Waals surface area contributed by atoms with Gasteiger partial charge in [0.25, 0.3) is 0 Å². The van der Waals surface area contributed by atoms with Crippen molar-refractivity contribution in [2.24, 2.45) is 0 Å². The number of amides is 1. The van der Waals surface area contributed by atoms with Gasteiger partial charge in [-0.3, -0.25) is 9.36 Å². The van der Waals surface area contributed by atoms with E-state index in [0.717, 1.165) is 25.2 Å². The lowest BCUT2D eigenvalue weighted by atomic mass is 10.1. The zero-order valence-corrected chi connectivity index (χ0v) is 14.3. The first-order chi connectivity index (χ1) is 12.7. The van der Waals surface area contributed by atoms with E-state index < -0.39 is 5.76 Å². The lowest BCUT2D eigenvalue weighted by molar-refractivity contribution is -0.122. The highest BCUT2D eigenvalue weighted by molar-refractivity contribution is 5.79. The van der Waals surface area contributed by atoms with E-state index in [-0.39, 0.29) is 18.5 Å². The Morgan fingerprint density at radius 1 is 1.23 bits per heavy atom. The maximum absolute atomic E-state index is 12.5. The van der Waals surface area contributed by atoms with Gasteiger partial charge in [0, 0.05) is 25.3 Å². The van der Waals surface area contributed by atoms with Crippen molar-refractivity contribution in [1.82, 2.24) is 14.9 Å². The molecular formula is C19H20N4O3. The maximum atomic E-state index is 12.5. The van der Waals surface area contributed by atoms with E-state index >= 15 is 0 Å². The average Bonchev–Trinajstić information content (AvgIpc) is 2.98. The van der Waals surface area contributed by atoms with Crippen LogP contribution in [-0.4, -0.2) is 34.6 Å². The molecule has 4 rings (SSSR count). The molecule has 1 aliphatic rings. The van der Waals surface area contributed by atoms with Gasteiger partial charge in [-0.2, -0.15) is 0 Å². The molecule has 26 heavy (non-hydrogen) atoms. The van der Waals surface area contributed by atoms with Gasteiger partial charge in [0.2, 0.25) is 5.91 Å². The summed E-state index contributed by atoms with van der Waals surface area (Å²) in [5.41, 5.74) is 1.12. The Morgan fingerprint density at radius 2 is 2.08 bits per heavy atom. The van der Waals surface area contributed by atoms with Gasteiger partial charge in [0.1, 0.15) is 12.4 Å². The zero-order chi connectivity index (χ0) is 17.9. The van der Waals surface area contributed by atoms with Gasteiger partial charge in [-0.15, -0.1) is 0 Å². The Morgan fingerprint density at radius 3 is 2.92 bits per heavy atom.